The number of nitrogens with zero attached hydrogens (tertiary/aromatic N) is 1. The molecule has 0 spiro atoms. The molecule has 0 aromatic heterocycles. The van der Waals surface area contributed by atoms with Gasteiger partial charge in [-0.1, -0.05) is 32.1 Å². The van der Waals surface area contributed by atoms with Crippen molar-refractivity contribution in [3.05, 3.63) is 0 Å². The van der Waals surface area contributed by atoms with Crippen molar-refractivity contribution >= 4 is 17.7 Å². The molecule has 114 valence electrons. The molecule has 1 saturated heterocycles. The predicted octanol–water partition coefficient (Wildman–Crippen LogP) is 3.02. The van der Waals surface area contributed by atoms with Crippen LogP contribution in [0.15, 0.2) is 4.99 Å². The fourth-order valence-corrected chi connectivity index (χ4v) is 5.05. The molecule has 0 aromatic carbocycles. The normalized spacial score (nSPS) is 35.0. The molecular weight excluding hydrogens is 266 g/mol. The van der Waals surface area contributed by atoms with Crippen LogP contribution in [0.3, 0.4) is 0 Å². The number of nitrogens with one attached hydrogen (secondary N) is 2. The molecule has 20 heavy (non-hydrogen) atoms. The first-order valence-corrected chi connectivity index (χ1v) is 9.50. The highest BCUT2D eigenvalue weighted by atomic mass is 32.2. The fourth-order valence-electron chi connectivity index (χ4n) is 3.85. The van der Waals surface area contributed by atoms with Gasteiger partial charge in [0, 0.05) is 24.9 Å². The predicted molar refractivity (Wildman–Crippen MR) is 88.4 cm³/mol. The maximum atomic E-state index is 4.39. The number of thioether (sulfide) groups is 1. The second-order valence-corrected chi connectivity index (χ2v) is 8.04. The molecule has 2 aliphatic carbocycles. The van der Waals surface area contributed by atoms with Crippen LogP contribution in [0, 0.1) is 11.8 Å². The van der Waals surface area contributed by atoms with Gasteiger partial charge in [-0.25, -0.2) is 0 Å². The lowest BCUT2D eigenvalue weighted by atomic mass is 9.85. The van der Waals surface area contributed by atoms with Crippen molar-refractivity contribution in [2.75, 3.05) is 19.3 Å². The highest BCUT2D eigenvalue weighted by Gasteiger charge is 2.43. The van der Waals surface area contributed by atoms with Crippen LogP contribution in [-0.2, 0) is 0 Å². The van der Waals surface area contributed by atoms with E-state index in [-0.39, 0.29) is 0 Å². The van der Waals surface area contributed by atoms with E-state index in [1.807, 2.05) is 7.05 Å². The molecule has 3 nitrogen and oxygen atoms in total. The first-order valence-electron chi connectivity index (χ1n) is 8.45. The summed E-state index contributed by atoms with van der Waals surface area (Å²) in [4.78, 5) is 4.39. The minimum Gasteiger partial charge on any atom is -0.355 e. The molecule has 3 unspecified atom stereocenters. The quantitative estimate of drug-likeness (QED) is 0.618. The maximum absolute atomic E-state index is 4.39. The number of guanidine groups is 1. The molecule has 3 aliphatic rings. The molecular formula is C16H29N3S. The van der Waals surface area contributed by atoms with Crippen LogP contribution in [0.4, 0.5) is 0 Å². The zero-order valence-corrected chi connectivity index (χ0v) is 13.6. The summed E-state index contributed by atoms with van der Waals surface area (Å²) in [5.74, 6) is 4.28. The molecule has 3 rings (SSSR count). The number of hydrogen-bond acceptors (Lipinski definition) is 2. The van der Waals surface area contributed by atoms with Crippen molar-refractivity contribution in [1.82, 2.24) is 10.6 Å². The monoisotopic (exact) mass is 295 g/mol. The minimum atomic E-state index is 0.695. The summed E-state index contributed by atoms with van der Waals surface area (Å²) in [5.41, 5.74) is 0. The van der Waals surface area contributed by atoms with Crippen LogP contribution in [0.1, 0.15) is 51.4 Å². The lowest BCUT2D eigenvalue weighted by molar-refractivity contribution is 0.315. The highest BCUT2D eigenvalue weighted by molar-refractivity contribution is 8.00. The summed E-state index contributed by atoms with van der Waals surface area (Å²) < 4.78 is 0. The third-order valence-electron chi connectivity index (χ3n) is 5.16. The average Bonchev–Trinajstić information content (AvgIpc) is 3.06. The maximum Gasteiger partial charge on any atom is 0.191 e. The Labute approximate surface area is 127 Å². The Morgan fingerprint density at radius 3 is 2.70 bits per heavy atom. The van der Waals surface area contributed by atoms with E-state index >= 15 is 0 Å². The van der Waals surface area contributed by atoms with Crippen molar-refractivity contribution in [3.63, 3.8) is 0 Å². The fraction of sp³-hybridized carbons (Fsp3) is 0.938. The van der Waals surface area contributed by atoms with E-state index in [0.29, 0.717) is 6.04 Å². The van der Waals surface area contributed by atoms with Crippen molar-refractivity contribution in [2.45, 2.75) is 62.7 Å². The van der Waals surface area contributed by atoms with E-state index in [9.17, 15) is 0 Å². The van der Waals surface area contributed by atoms with E-state index in [1.165, 1.54) is 57.1 Å². The molecule has 4 heteroatoms. The Hall–Kier alpha value is -0.380. The summed E-state index contributed by atoms with van der Waals surface area (Å²) in [7, 11) is 1.90. The molecule has 3 atom stereocenters. The van der Waals surface area contributed by atoms with Crippen molar-refractivity contribution in [2.24, 2.45) is 16.8 Å². The summed E-state index contributed by atoms with van der Waals surface area (Å²) in [5, 5.41) is 7.96. The smallest absolute Gasteiger partial charge is 0.191 e. The van der Waals surface area contributed by atoms with Crippen LogP contribution in [-0.4, -0.2) is 36.6 Å². The largest absolute Gasteiger partial charge is 0.355 e. The number of aliphatic imine (C=N–C) groups is 1. The van der Waals surface area contributed by atoms with Gasteiger partial charge in [-0.2, -0.15) is 11.8 Å². The van der Waals surface area contributed by atoms with E-state index in [2.05, 4.69) is 27.4 Å². The van der Waals surface area contributed by atoms with Crippen molar-refractivity contribution < 1.29 is 0 Å². The van der Waals surface area contributed by atoms with Gasteiger partial charge in [0.25, 0.3) is 0 Å². The molecule has 2 N–H and O–H groups in total. The van der Waals surface area contributed by atoms with Gasteiger partial charge < -0.3 is 10.6 Å². The molecule has 0 aromatic rings. The van der Waals surface area contributed by atoms with E-state index in [1.54, 1.807) is 0 Å². The highest BCUT2D eigenvalue weighted by Crippen LogP contribution is 2.44. The molecule has 3 fully saturated rings. The van der Waals surface area contributed by atoms with Crippen molar-refractivity contribution in [3.8, 4) is 0 Å². The lowest BCUT2D eigenvalue weighted by Crippen LogP contribution is -2.42. The molecule has 0 bridgehead atoms. The van der Waals surface area contributed by atoms with Gasteiger partial charge >= 0.3 is 0 Å². The van der Waals surface area contributed by atoms with Gasteiger partial charge in [0.2, 0.25) is 0 Å². The van der Waals surface area contributed by atoms with Gasteiger partial charge in [0.05, 0.1) is 0 Å². The van der Waals surface area contributed by atoms with Crippen LogP contribution in [0.2, 0.25) is 0 Å². The van der Waals surface area contributed by atoms with Crippen LogP contribution < -0.4 is 10.6 Å². The third-order valence-corrected chi connectivity index (χ3v) is 6.56. The number of rotatable bonds is 4. The summed E-state index contributed by atoms with van der Waals surface area (Å²) in [6, 6.07) is 0.695. The Morgan fingerprint density at radius 2 is 2.00 bits per heavy atom. The topological polar surface area (TPSA) is 36.4 Å². The Bertz CT molecular complexity index is 333. The van der Waals surface area contributed by atoms with Crippen LogP contribution in [0.5, 0.6) is 0 Å². The molecule has 1 aliphatic heterocycles. The van der Waals surface area contributed by atoms with Gasteiger partial charge in [-0.15, -0.1) is 0 Å². The Morgan fingerprint density at radius 1 is 1.15 bits per heavy atom. The SMILES string of the molecule is CN=C(NCC1CCCS1)NC1CC1C1CCCCC1. The first-order chi connectivity index (χ1) is 9.86. The molecule has 1 heterocycles. The zero-order chi connectivity index (χ0) is 13.8. The van der Waals surface area contributed by atoms with Gasteiger partial charge in [0.1, 0.15) is 0 Å². The number of hydrogen-bond donors (Lipinski definition) is 2. The average molecular weight is 295 g/mol. The van der Waals surface area contributed by atoms with Crippen LogP contribution >= 0.6 is 11.8 Å². The minimum absolute atomic E-state index is 0.695. The summed E-state index contributed by atoms with van der Waals surface area (Å²) >= 11 is 2.11. The first kappa shape index (κ1) is 14.6. The van der Waals surface area contributed by atoms with Gasteiger partial charge in [-0.05, 0) is 36.9 Å². The second-order valence-electron chi connectivity index (χ2n) is 6.64. The zero-order valence-electron chi connectivity index (χ0n) is 12.7. The third kappa shape index (κ3) is 3.84. The second kappa shape index (κ2) is 7.06. The molecule has 0 radical (unpaired) electrons. The van der Waals surface area contributed by atoms with Crippen LogP contribution in [0.25, 0.3) is 0 Å². The standard InChI is InChI=1S/C16H29N3S/c1-17-16(18-11-13-8-5-9-20-13)19-15-10-14(15)12-6-3-2-4-7-12/h12-15H,2-11H2,1H3,(H2,17,18,19). The van der Waals surface area contributed by atoms with E-state index in [0.717, 1.165) is 29.6 Å². The van der Waals surface area contributed by atoms with E-state index < -0.39 is 0 Å². The lowest BCUT2D eigenvalue weighted by Gasteiger charge is -2.22. The van der Waals surface area contributed by atoms with Gasteiger partial charge in [-0.3, -0.25) is 4.99 Å². The molecule has 2 saturated carbocycles. The molecule has 0 amide bonds. The van der Waals surface area contributed by atoms with Gasteiger partial charge in [0.15, 0.2) is 5.96 Å². The summed E-state index contributed by atoms with van der Waals surface area (Å²) in [6.45, 7) is 1.07. The Balaban J connectivity index is 1.38. The van der Waals surface area contributed by atoms with Crippen molar-refractivity contribution in [1.29, 1.82) is 0 Å². The van der Waals surface area contributed by atoms with E-state index in [4.69, 9.17) is 0 Å². The Kier molecular flexibility index (Phi) is 5.14. The summed E-state index contributed by atoms with van der Waals surface area (Å²) in [6.07, 6.45) is 11.4.